The molecular formula is C2H3ClN4O2S. The van der Waals surface area contributed by atoms with Crippen LogP contribution in [0.25, 0.3) is 0 Å². The summed E-state index contributed by atoms with van der Waals surface area (Å²) in [7, 11) is 0. The van der Waals surface area contributed by atoms with Crippen LogP contribution in [0.1, 0.15) is 0 Å². The number of azo groups is 1. The molecule has 0 fully saturated rings. The molecule has 8 heteroatoms. The van der Waals surface area contributed by atoms with E-state index in [-0.39, 0.29) is 5.96 Å². The van der Waals surface area contributed by atoms with E-state index in [0.29, 0.717) is 0 Å². The summed E-state index contributed by atoms with van der Waals surface area (Å²) in [4.78, 5) is 3.30. The van der Waals surface area contributed by atoms with E-state index < -0.39 is 15.5 Å². The normalized spacial score (nSPS) is 34.0. The van der Waals surface area contributed by atoms with Crippen LogP contribution in [0.4, 0.5) is 0 Å². The lowest BCUT2D eigenvalue weighted by Gasteiger charge is -2.04. The van der Waals surface area contributed by atoms with Crippen molar-refractivity contribution in [3.8, 4) is 0 Å². The number of guanidine groups is 1. The number of hydrogen-bond donors (Lipinski definition) is 2. The zero-order valence-corrected chi connectivity index (χ0v) is 6.13. The van der Waals surface area contributed by atoms with E-state index in [2.05, 4.69) is 15.2 Å². The van der Waals surface area contributed by atoms with Gasteiger partial charge in [0.25, 0.3) is 0 Å². The molecule has 56 valence electrons. The van der Waals surface area contributed by atoms with Crippen molar-refractivity contribution >= 4 is 28.6 Å². The predicted octanol–water partition coefficient (Wildman–Crippen LogP) is -0.161. The molecule has 0 spiro atoms. The SMILES string of the molecule is NC1=NC(Cl)(S(=O)O)N=N1. The number of aliphatic imine (C=N–C) groups is 1. The second-order valence-electron chi connectivity index (χ2n) is 1.45. The molecule has 0 aromatic rings. The van der Waals surface area contributed by atoms with Crippen LogP contribution in [0.3, 0.4) is 0 Å². The van der Waals surface area contributed by atoms with Crippen LogP contribution in [0.2, 0.25) is 0 Å². The Labute approximate surface area is 63.5 Å². The highest BCUT2D eigenvalue weighted by Gasteiger charge is 2.37. The average molecular weight is 183 g/mol. The monoisotopic (exact) mass is 182 g/mol. The van der Waals surface area contributed by atoms with E-state index in [4.69, 9.17) is 21.9 Å². The molecule has 0 amide bonds. The molecule has 2 unspecified atom stereocenters. The van der Waals surface area contributed by atoms with Crippen LogP contribution in [0, 0.1) is 0 Å². The minimum atomic E-state index is -2.39. The number of rotatable bonds is 1. The first-order chi connectivity index (χ1) is 4.54. The van der Waals surface area contributed by atoms with Gasteiger partial charge in [-0.1, -0.05) is 0 Å². The standard InChI is InChI=1S/C2H3ClN4O2S/c3-2(10(8)9)5-1(4)6-7-2/h(H2,4,5)(H,8,9). The Balaban J connectivity index is 2.95. The average Bonchev–Trinajstić information content (AvgIpc) is 2.13. The van der Waals surface area contributed by atoms with Gasteiger partial charge >= 0.3 is 4.45 Å². The van der Waals surface area contributed by atoms with Crippen LogP contribution >= 0.6 is 11.6 Å². The molecule has 6 nitrogen and oxygen atoms in total. The fourth-order valence-electron chi connectivity index (χ4n) is 0.373. The van der Waals surface area contributed by atoms with Crippen molar-refractivity contribution in [3.63, 3.8) is 0 Å². The number of nitrogens with zero attached hydrogens (tertiary/aromatic N) is 3. The van der Waals surface area contributed by atoms with Crippen molar-refractivity contribution in [1.82, 2.24) is 0 Å². The fraction of sp³-hybridized carbons (Fsp3) is 0.500. The predicted molar refractivity (Wildman–Crippen MR) is 35.8 cm³/mol. The summed E-state index contributed by atoms with van der Waals surface area (Å²) >= 11 is 2.93. The van der Waals surface area contributed by atoms with Gasteiger partial charge in [-0.3, -0.25) is 0 Å². The van der Waals surface area contributed by atoms with Crippen molar-refractivity contribution in [3.05, 3.63) is 0 Å². The maximum atomic E-state index is 10.3. The van der Waals surface area contributed by atoms with Crippen LogP contribution in [0.15, 0.2) is 15.2 Å². The third-order valence-corrected chi connectivity index (χ3v) is 1.92. The van der Waals surface area contributed by atoms with Crippen molar-refractivity contribution < 1.29 is 8.76 Å². The number of alkyl halides is 1. The Morgan fingerprint density at radius 1 is 1.80 bits per heavy atom. The van der Waals surface area contributed by atoms with Gasteiger partial charge in [0.2, 0.25) is 17.0 Å². The zero-order chi connectivity index (χ0) is 7.78. The summed E-state index contributed by atoms with van der Waals surface area (Å²) in [5.41, 5.74) is 5.01. The van der Waals surface area contributed by atoms with Crippen molar-refractivity contribution in [2.75, 3.05) is 0 Å². The van der Waals surface area contributed by atoms with Crippen LogP contribution in [-0.4, -0.2) is 19.2 Å². The maximum absolute atomic E-state index is 10.3. The van der Waals surface area contributed by atoms with Gasteiger partial charge in [-0.25, -0.2) is 4.21 Å². The van der Waals surface area contributed by atoms with Gasteiger partial charge in [0.05, 0.1) is 0 Å². The van der Waals surface area contributed by atoms with Gasteiger partial charge in [0.15, 0.2) is 0 Å². The Morgan fingerprint density at radius 3 is 2.60 bits per heavy atom. The molecule has 0 aromatic carbocycles. The second kappa shape index (κ2) is 2.26. The lowest BCUT2D eigenvalue weighted by atomic mass is 11.0. The topological polar surface area (TPSA) is 100 Å². The number of hydrogen-bond acceptors (Lipinski definition) is 5. The van der Waals surface area contributed by atoms with E-state index in [0.717, 1.165) is 0 Å². The van der Waals surface area contributed by atoms with Crippen molar-refractivity contribution in [2.24, 2.45) is 21.0 Å². The third-order valence-electron chi connectivity index (χ3n) is 0.750. The van der Waals surface area contributed by atoms with Gasteiger partial charge in [0.1, 0.15) is 0 Å². The molecule has 2 atom stereocenters. The summed E-state index contributed by atoms with van der Waals surface area (Å²) in [5.74, 6) is -0.197. The maximum Gasteiger partial charge on any atom is 0.350 e. The minimum Gasteiger partial charge on any atom is -0.367 e. The molecule has 0 radical (unpaired) electrons. The lowest BCUT2D eigenvalue weighted by molar-refractivity contribution is 0.542. The van der Waals surface area contributed by atoms with Gasteiger partial charge < -0.3 is 10.3 Å². The zero-order valence-electron chi connectivity index (χ0n) is 4.56. The summed E-state index contributed by atoms with van der Waals surface area (Å²) in [6.45, 7) is 0. The third kappa shape index (κ3) is 1.15. The first-order valence-electron chi connectivity index (χ1n) is 2.13. The van der Waals surface area contributed by atoms with Crippen molar-refractivity contribution in [2.45, 2.75) is 4.45 Å². The van der Waals surface area contributed by atoms with E-state index in [1.807, 2.05) is 0 Å². The Kier molecular flexibility index (Phi) is 1.71. The molecule has 0 aromatic heterocycles. The molecule has 0 bridgehead atoms. The molecule has 1 rings (SSSR count). The molecule has 1 aliphatic rings. The molecule has 0 saturated heterocycles. The Morgan fingerprint density at radius 2 is 2.40 bits per heavy atom. The molecule has 1 aliphatic heterocycles. The summed E-state index contributed by atoms with van der Waals surface area (Å²) < 4.78 is 16.9. The highest BCUT2D eigenvalue weighted by molar-refractivity contribution is 7.82. The van der Waals surface area contributed by atoms with Gasteiger partial charge in [0, 0.05) is 0 Å². The van der Waals surface area contributed by atoms with Crippen LogP contribution < -0.4 is 5.73 Å². The fourth-order valence-corrected chi connectivity index (χ4v) is 0.780. The van der Waals surface area contributed by atoms with E-state index in [1.165, 1.54) is 0 Å². The highest BCUT2D eigenvalue weighted by Crippen LogP contribution is 2.26. The summed E-state index contributed by atoms with van der Waals surface area (Å²) in [5, 5.41) is 6.34. The van der Waals surface area contributed by atoms with Gasteiger partial charge in [-0.2, -0.15) is 4.99 Å². The van der Waals surface area contributed by atoms with Gasteiger partial charge in [-0.05, 0) is 11.6 Å². The smallest absolute Gasteiger partial charge is 0.350 e. The largest absolute Gasteiger partial charge is 0.367 e. The molecular weight excluding hydrogens is 180 g/mol. The van der Waals surface area contributed by atoms with E-state index in [9.17, 15) is 4.21 Å². The van der Waals surface area contributed by atoms with E-state index in [1.54, 1.807) is 0 Å². The highest BCUT2D eigenvalue weighted by atomic mass is 35.5. The molecule has 10 heavy (non-hydrogen) atoms. The molecule has 0 aliphatic carbocycles. The molecule has 3 N–H and O–H groups in total. The van der Waals surface area contributed by atoms with Crippen molar-refractivity contribution in [1.29, 1.82) is 0 Å². The Bertz CT molecular complexity index is 239. The first kappa shape index (κ1) is 7.58. The quantitative estimate of drug-likeness (QED) is 0.335. The second-order valence-corrected chi connectivity index (χ2v) is 3.27. The first-order valence-corrected chi connectivity index (χ1v) is 3.61. The van der Waals surface area contributed by atoms with E-state index >= 15 is 0 Å². The Hall–Kier alpha value is -0.530. The summed E-state index contributed by atoms with van der Waals surface area (Å²) in [6, 6.07) is 0. The molecule has 0 saturated carbocycles. The van der Waals surface area contributed by atoms with Gasteiger partial charge in [-0.15, -0.1) is 10.2 Å². The molecule has 1 heterocycles. The summed E-state index contributed by atoms with van der Waals surface area (Å²) in [6.07, 6.45) is 0. The minimum absolute atomic E-state index is 0.197. The van der Waals surface area contributed by atoms with Crippen LogP contribution in [0.5, 0.6) is 0 Å². The van der Waals surface area contributed by atoms with Crippen LogP contribution in [-0.2, 0) is 11.1 Å². The number of nitrogens with two attached hydrogens (primary N) is 1. The lowest BCUT2D eigenvalue weighted by Crippen LogP contribution is -2.20. The number of halogens is 1.